The average molecular weight is 387 g/mol. The normalized spacial score (nSPS) is 11.9. The number of benzene rings is 1. The first-order chi connectivity index (χ1) is 12.1. The molecular weight excluding hydrogens is 374 g/mol. The number of thiophene rings is 1. The van der Waals surface area contributed by atoms with Crippen molar-refractivity contribution >= 4 is 27.3 Å². The molecule has 2 heterocycles. The summed E-state index contributed by atoms with van der Waals surface area (Å²) in [5, 5.41) is 5.32. The molecule has 0 aliphatic rings. The molecular formula is C16H13F4N3O2S. The summed E-state index contributed by atoms with van der Waals surface area (Å²) >= 11 is 1.22. The van der Waals surface area contributed by atoms with Crippen molar-refractivity contribution in [1.29, 1.82) is 0 Å². The Morgan fingerprint density at radius 1 is 1.35 bits per heavy atom. The fourth-order valence-corrected chi connectivity index (χ4v) is 3.49. The first-order valence-corrected chi connectivity index (χ1v) is 8.24. The number of ether oxygens (including phenoxy) is 1. The number of halogens is 4. The molecule has 0 aliphatic heterocycles. The molecule has 0 atom stereocenters. The fourth-order valence-electron chi connectivity index (χ4n) is 2.49. The lowest BCUT2D eigenvalue weighted by atomic mass is 10.1. The number of carbonyl (C=O) groups excluding carboxylic acids is 1. The number of carbonyl (C=O) groups is 1. The van der Waals surface area contributed by atoms with Gasteiger partial charge in [0.15, 0.2) is 5.69 Å². The molecule has 3 rings (SSSR count). The first-order valence-electron chi connectivity index (χ1n) is 7.36. The Bertz CT molecular complexity index is 978. The third-order valence-corrected chi connectivity index (χ3v) is 4.67. The second-order valence-corrected chi connectivity index (χ2v) is 6.52. The van der Waals surface area contributed by atoms with Gasteiger partial charge in [0.1, 0.15) is 18.2 Å². The summed E-state index contributed by atoms with van der Waals surface area (Å²) in [6.45, 7) is -0.204. The smallest absolute Gasteiger partial charge is 0.435 e. The maximum atomic E-state index is 14.4. The predicted molar refractivity (Wildman–Crippen MR) is 87.2 cm³/mol. The van der Waals surface area contributed by atoms with Gasteiger partial charge < -0.3 is 10.5 Å². The molecule has 0 spiro atoms. The van der Waals surface area contributed by atoms with Gasteiger partial charge in [0.25, 0.3) is 0 Å². The first kappa shape index (κ1) is 18.2. The molecule has 138 valence electrons. The highest BCUT2D eigenvalue weighted by Crippen LogP contribution is 2.33. The highest BCUT2D eigenvalue weighted by molar-refractivity contribution is 7.17. The number of alkyl halides is 3. The van der Waals surface area contributed by atoms with E-state index in [9.17, 15) is 22.4 Å². The number of aromatic nitrogens is 2. The standard InChI is InChI=1S/C16H13F4N3O2S/c1-23-9(3-13(22-23)16(18,19)20)6-25-10-4-11(17)15-8(2-14(21)24)7-26-12(15)5-10/h3-5,7H,2,6H2,1H3,(H2,21,24). The number of rotatable bonds is 5. The monoisotopic (exact) mass is 387 g/mol. The van der Waals surface area contributed by atoms with E-state index >= 15 is 0 Å². The zero-order valence-corrected chi connectivity index (χ0v) is 14.2. The zero-order chi connectivity index (χ0) is 19.1. The van der Waals surface area contributed by atoms with Gasteiger partial charge >= 0.3 is 6.18 Å². The van der Waals surface area contributed by atoms with E-state index in [0.29, 0.717) is 15.6 Å². The van der Waals surface area contributed by atoms with Crippen molar-refractivity contribution in [3.05, 3.63) is 46.3 Å². The maximum absolute atomic E-state index is 14.4. The Balaban J connectivity index is 1.82. The molecule has 0 aliphatic carbocycles. The van der Waals surface area contributed by atoms with E-state index in [4.69, 9.17) is 10.5 Å². The maximum Gasteiger partial charge on any atom is 0.435 e. The number of fused-ring (bicyclic) bond motifs is 1. The second-order valence-electron chi connectivity index (χ2n) is 5.61. The number of hydrogen-bond donors (Lipinski definition) is 1. The molecule has 2 aromatic heterocycles. The third kappa shape index (κ3) is 3.64. The van der Waals surface area contributed by atoms with Crippen molar-refractivity contribution in [2.45, 2.75) is 19.2 Å². The van der Waals surface area contributed by atoms with E-state index in [-0.39, 0.29) is 24.5 Å². The van der Waals surface area contributed by atoms with Crippen LogP contribution in [0.25, 0.3) is 10.1 Å². The van der Waals surface area contributed by atoms with Crippen LogP contribution in [-0.2, 0) is 31.0 Å². The SMILES string of the molecule is Cn1nc(C(F)(F)F)cc1COc1cc(F)c2c(CC(N)=O)csc2c1. The molecule has 10 heteroatoms. The van der Waals surface area contributed by atoms with E-state index in [1.165, 1.54) is 18.4 Å². The number of aryl methyl sites for hydroxylation is 1. The van der Waals surface area contributed by atoms with E-state index in [2.05, 4.69) is 5.10 Å². The lowest BCUT2D eigenvalue weighted by Crippen LogP contribution is -2.13. The van der Waals surface area contributed by atoms with E-state index in [1.807, 2.05) is 0 Å². The van der Waals surface area contributed by atoms with Crippen molar-refractivity contribution in [3.8, 4) is 5.75 Å². The summed E-state index contributed by atoms with van der Waals surface area (Å²) in [7, 11) is 1.37. The van der Waals surface area contributed by atoms with Gasteiger partial charge in [-0.05, 0) is 23.1 Å². The number of nitrogens with two attached hydrogens (primary N) is 1. The molecule has 0 radical (unpaired) electrons. The Morgan fingerprint density at radius 3 is 2.69 bits per heavy atom. The van der Waals surface area contributed by atoms with Crippen molar-refractivity contribution in [2.75, 3.05) is 0 Å². The topological polar surface area (TPSA) is 70.1 Å². The fraction of sp³-hybridized carbons (Fsp3) is 0.250. The van der Waals surface area contributed by atoms with Gasteiger partial charge in [0, 0.05) is 23.2 Å². The van der Waals surface area contributed by atoms with Gasteiger partial charge in [0.05, 0.1) is 12.1 Å². The number of primary amides is 1. The molecule has 0 unspecified atom stereocenters. The molecule has 2 N–H and O–H groups in total. The summed E-state index contributed by atoms with van der Waals surface area (Å²) in [6, 6.07) is 3.57. The summed E-state index contributed by atoms with van der Waals surface area (Å²) in [5.41, 5.74) is 4.81. The van der Waals surface area contributed by atoms with Crippen LogP contribution in [-0.4, -0.2) is 15.7 Å². The van der Waals surface area contributed by atoms with Crippen LogP contribution in [0.15, 0.2) is 23.6 Å². The Kier molecular flexibility index (Phi) is 4.61. The van der Waals surface area contributed by atoms with Crippen LogP contribution in [0.3, 0.4) is 0 Å². The highest BCUT2D eigenvalue weighted by atomic mass is 32.1. The largest absolute Gasteiger partial charge is 0.487 e. The Morgan fingerprint density at radius 2 is 2.08 bits per heavy atom. The van der Waals surface area contributed by atoms with Gasteiger partial charge in [0.2, 0.25) is 5.91 Å². The van der Waals surface area contributed by atoms with Crippen molar-refractivity contribution in [3.63, 3.8) is 0 Å². The summed E-state index contributed by atoms with van der Waals surface area (Å²) in [5.74, 6) is -0.991. The summed E-state index contributed by atoms with van der Waals surface area (Å²) in [4.78, 5) is 11.0. The van der Waals surface area contributed by atoms with Crippen molar-refractivity contribution in [1.82, 2.24) is 9.78 Å². The lowest BCUT2D eigenvalue weighted by Gasteiger charge is -2.07. The Labute approximate surface area is 149 Å². The molecule has 26 heavy (non-hydrogen) atoms. The van der Waals surface area contributed by atoms with Crippen LogP contribution >= 0.6 is 11.3 Å². The van der Waals surface area contributed by atoms with E-state index in [0.717, 1.165) is 16.8 Å². The Hall–Kier alpha value is -2.62. The van der Waals surface area contributed by atoms with Crippen LogP contribution in [0.4, 0.5) is 17.6 Å². The second kappa shape index (κ2) is 6.60. The quantitative estimate of drug-likeness (QED) is 0.682. The van der Waals surface area contributed by atoms with Gasteiger partial charge in [-0.2, -0.15) is 18.3 Å². The van der Waals surface area contributed by atoms with Gasteiger partial charge in [-0.1, -0.05) is 0 Å². The predicted octanol–water partition coefficient (Wildman–Crippen LogP) is 3.40. The molecule has 0 bridgehead atoms. The molecule has 0 saturated carbocycles. The van der Waals surface area contributed by atoms with Gasteiger partial charge in [-0.3, -0.25) is 9.48 Å². The number of nitrogens with zero attached hydrogens (tertiary/aromatic N) is 2. The lowest BCUT2D eigenvalue weighted by molar-refractivity contribution is -0.141. The molecule has 1 aromatic carbocycles. The summed E-state index contributed by atoms with van der Waals surface area (Å²) < 4.78 is 59.4. The number of amides is 1. The average Bonchev–Trinajstić information content (AvgIpc) is 3.08. The third-order valence-electron chi connectivity index (χ3n) is 3.70. The van der Waals surface area contributed by atoms with Crippen molar-refractivity contribution < 1.29 is 27.1 Å². The molecule has 5 nitrogen and oxygen atoms in total. The van der Waals surface area contributed by atoms with Crippen molar-refractivity contribution in [2.24, 2.45) is 12.8 Å². The molecule has 3 aromatic rings. The zero-order valence-electron chi connectivity index (χ0n) is 13.4. The minimum atomic E-state index is -4.55. The highest BCUT2D eigenvalue weighted by Gasteiger charge is 2.34. The van der Waals surface area contributed by atoms with Crippen LogP contribution < -0.4 is 10.5 Å². The van der Waals surface area contributed by atoms with E-state index in [1.54, 1.807) is 11.4 Å². The molecule has 0 saturated heterocycles. The minimum absolute atomic E-state index is 0.0770. The van der Waals surface area contributed by atoms with Gasteiger partial charge in [-0.25, -0.2) is 4.39 Å². The van der Waals surface area contributed by atoms with E-state index < -0.39 is 23.6 Å². The molecule has 0 fully saturated rings. The van der Waals surface area contributed by atoms with Gasteiger partial charge in [-0.15, -0.1) is 11.3 Å². The summed E-state index contributed by atoms with van der Waals surface area (Å²) in [6.07, 6.45) is -4.62. The van der Waals surface area contributed by atoms with Crippen LogP contribution in [0.1, 0.15) is 17.0 Å². The number of hydrogen-bond acceptors (Lipinski definition) is 4. The van der Waals surface area contributed by atoms with Crippen LogP contribution in [0.5, 0.6) is 5.75 Å². The minimum Gasteiger partial charge on any atom is -0.487 e. The molecule has 1 amide bonds. The van der Waals surface area contributed by atoms with Crippen LogP contribution in [0.2, 0.25) is 0 Å². The van der Waals surface area contributed by atoms with Crippen LogP contribution in [0, 0.1) is 5.82 Å².